The van der Waals surface area contributed by atoms with E-state index in [4.69, 9.17) is 14.2 Å². The van der Waals surface area contributed by atoms with Crippen LogP contribution in [-0.2, 0) is 14.2 Å². The van der Waals surface area contributed by atoms with Crippen LogP contribution in [0.4, 0.5) is 0 Å². The van der Waals surface area contributed by atoms with Crippen molar-refractivity contribution in [3.8, 4) is 0 Å². The van der Waals surface area contributed by atoms with Gasteiger partial charge in [0, 0.05) is 20.5 Å². The summed E-state index contributed by atoms with van der Waals surface area (Å²) in [5.41, 5.74) is 1.50. The molecule has 1 aromatic carbocycles. The first kappa shape index (κ1) is 17.9. The van der Waals surface area contributed by atoms with Crippen molar-refractivity contribution in [3.63, 3.8) is 0 Å². The van der Waals surface area contributed by atoms with Gasteiger partial charge in [0.05, 0.1) is 6.10 Å². The quantitative estimate of drug-likeness (QED) is 0.588. The maximum absolute atomic E-state index is 10.3. The third-order valence-electron chi connectivity index (χ3n) is 4.39. The highest BCUT2D eigenvalue weighted by Gasteiger charge is 2.57. The van der Waals surface area contributed by atoms with Gasteiger partial charge in [-0.1, -0.05) is 30.3 Å². The maximum atomic E-state index is 10.3. The number of aliphatic hydroxyl groups excluding tert-OH is 3. The van der Waals surface area contributed by atoms with Crippen LogP contribution in [0.1, 0.15) is 18.9 Å². The van der Waals surface area contributed by atoms with Crippen LogP contribution in [0.3, 0.4) is 0 Å². The number of methoxy groups -OCH3 is 1. The third-order valence-corrected chi connectivity index (χ3v) is 4.39. The molecule has 1 aromatic rings. The highest BCUT2D eigenvalue weighted by Crippen LogP contribution is 2.44. The Hall–Kier alpha value is -1.90. The average Bonchev–Trinajstić information content (AvgIpc) is 2.60. The van der Waals surface area contributed by atoms with E-state index in [1.807, 2.05) is 30.3 Å². The number of hydrogen-bond acceptors (Lipinski definition) is 7. The summed E-state index contributed by atoms with van der Waals surface area (Å²) in [6.07, 6.45) is -2.38. The molecule has 7 nitrogen and oxygen atoms in total. The molecule has 3 rings (SSSR count). The summed E-state index contributed by atoms with van der Waals surface area (Å²) >= 11 is 0. The summed E-state index contributed by atoms with van der Waals surface area (Å²) in [4.78, 5) is 0. The molecule has 4 unspecified atom stereocenters. The summed E-state index contributed by atoms with van der Waals surface area (Å²) in [6, 6.07) is 9.27. The van der Waals surface area contributed by atoms with Gasteiger partial charge in [0.2, 0.25) is 5.79 Å². The van der Waals surface area contributed by atoms with Gasteiger partial charge in [-0.3, -0.25) is 0 Å². The van der Waals surface area contributed by atoms with E-state index in [0.717, 1.165) is 5.56 Å². The van der Waals surface area contributed by atoms with Gasteiger partial charge < -0.3 is 34.6 Å². The van der Waals surface area contributed by atoms with Crippen LogP contribution in [-0.4, -0.2) is 57.9 Å². The Morgan fingerprint density at radius 3 is 2.64 bits per heavy atom. The minimum atomic E-state index is -1.55. The molecule has 0 radical (unpaired) electrons. The summed E-state index contributed by atoms with van der Waals surface area (Å²) in [7, 11) is 1.37. The number of aliphatic hydroxyl groups is 4. The summed E-state index contributed by atoms with van der Waals surface area (Å²) in [5.74, 6) is -1.84. The van der Waals surface area contributed by atoms with Crippen LogP contribution >= 0.6 is 0 Å². The molecule has 0 spiro atoms. The molecule has 2 aliphatic rings. The minimum Gasteiger partial charge on any atom is -0.506 e. The van der Waals surface area contributed by atoms with Crippen molar-refractivity contribution in [1.82, 2.24) is 0 Å². The molecule has 1 fully saturated rings. The molecule has 25 heavy (non-hydrogen) atoms. The Kier molecular flexibility index (Phi) is 4.86. The van der Waals surface area contributed by atoms with Gasteiger partial charge in [-0.05, 0) is 17.2 Å². The van der Waals surface area contributed by atoms with Crippen LogP contribution < -0.4 is 0 Å². The first-order valence-corrected chi connectivity index (χ1v) is 7.98. The van der Waals surface area contributed by atoms with Crippen molar-refractivity contribution in [2.24, 2.45) is 0 Å². The lowest BCUT2D eigenvalue weighted by molar-refractivity contribution is -0.331. The predicted octanol–water partition coefficient (Wildman–Crippen LogP) is 1.06. The molecule has 0 aliphatic carbocycles. The second-order valence-corrected chi connectivity index (χ2v) is 6.29. The van der Waals surface area contributed by atoms with E-state index in [0.29, 0.717) is 5.57 Å². The van der Waals surface area contributed by atoms with E-state index < -0.39 is 30.4 Å². The van der Waals surface area contributed by atoms with Gasteiger partial charge in [0.15, 0.2) is 23.9 Å². The Labute approximate surface area is 145 Å². The molecule has 7 heteroatoms. The van der Waals surface area contributed by atoms with Gasteiger partial charge in [-0.2, -0.15) is 0 Å². The van der Waals surface area contributed by atoms with Gasteiger partial charge in [-0.15, -0.1) is 0 Å². The number of ether oxygens (including phenoxy) is 3. The number of hydrogen-bond donors (Lipinski definition) is 4. The molecule has 0 aromatic heterocycles. The first-order valence-electron chi connectivity index (χ1n) is 7.98. The summed E-state index contributed by atoms with van der Waals surface area (Å²) in [6.45, 7) is 1.42. The minimum absolute atomic E-state index is 0.0518. The first-order chi connectivity index (χ1) is 11.8. The third kappa shape index (κ3) is 3.42. The van der Waals surface area contributed by atoms with Gasteiger partial charge in [-0.25, -0.2) is 0 Å². The fraction of sp³-hybridized carbons (Fsp3) is 0.444. The second kappa shape index (κ2) is 6.78. The predicted molar refractivity (Wildman–Crippen MR) is 88.1 cm³/mol. The molecule has 4 N–H and O–H groups in total. The molecular formula is C18H22O7. The summed E-state index contributed by atoms with van der Waals surface area (Å²) in [5, 5.41) is 40.2. The molecule has 1 saturated heterocycles. The van der Waals surface area contributed by atoms with Gasteiger partial charge in [0.1, 0.15) is 6.10 Å². The fourth-order valence-electron chi connectivity index (χ4n) is 3.01. The number of rotatable bonds is 5. The lowest BCUT2D eigenvalue weighted by atomic mass is 9.90. The smallest absolute Gasteiger partial charge is 0.239 e. The Morgan fingerprint density at radius 1 is 1.36 bits per heavy atom. The second-order valence-electron chi connectivity index (χ2n) is 6.29. The van der Waals surface area contributed by atoms with Crippen molar-refractivity contribution < 1.29 is 34.6 Å². The summed E-state index contributed by atoms with van der Waals surface area (Å²) < 4.78 is 15.7. The van der Waals surface area contributed by atoms with Gasteiger partial charge >= 0.3 is 0 Å². The molecule has 136 valence electrons. The van der Waals surface area contributed by atoms with E-state index in [1.165, 1.54) is 20.1 Å². The van der Waals surface area contributed by atoms with Crippen LogP contribution in [0.25, 0.3) is 5.57 Å². The van der Waals surface area contributed by atoms with Crippen LogP contribution in [0.2, 0.25) is 0 Å². The zero-order valence-electron chi connectivity index (χ0n) is 14.0. The van der Waals surface area contributed by atoms with E-state index >= 15 is 0 Å². The normalized spacial score (nSPS) is 33.3. The molecule has 5 atom stereocenters. The molecular weight excluding hydrogens is 328 g/mol. The highest BCUT2D eigenvalue weighted by molar-refractivity contribution is 5.66. The van der Waals surface area contributed by atoms with Crippen molar-refractivity contribution >= 4 is 5.57 Å². The van der Waals surface area contributed by atoms with Crippen molar-refractivity contribution in [1.29, 1.82) is 0 Å². The van der Waals surface area contributed by atoms with Gasteiger partial charge in [0.25, 0.3) is 0 Å². The zero-order valence-corrected chi connectivity index (χ0v) is 14.0. The lowest BCUT2D eigenvalue weighted by Crippen LogP contribution is -2.61. The van der Waals surface area contributed by atoms with Crippen LogP contribution in [0.5, 0.6) is 0 Å². The fourth-order valence-corrected chi connectivity index (χ4v) is 3.01. The van der Waals surface area contributed by atoms with E-state index in [2.05, 4.69) is 0 Å². The van der Waals surface area contributed by atoms with E-state index in [-0.39, 0.29) is 17.9 Å². The van der Waals surface area contributed by atoms with Crippen LogP contribution in [0, 0.1) is 0 Å². The Bertz CT molecular complexity index is 680. The lowest BCUT2D eigenvalue weighted by Gasteiger charge is -2.49. The van der Waals surface area contributed by atoms with E-state index in [1.54, 1.807) is 0 Å². The van der Waals surface area contributed by atoms with Crippen molar-refractivity contribution in [2.45, 2.75) is 43.7 Å². The van der Waals surface area contributed by atoms with E-state index in [9.17, 15) is 20.4 Å². The molecule has 0 saturated carbocycles. The maximum Gasteiger partial charge on any atom is 0.239 e. The monoisotopic (exact) mass is 350 g/mol. The largest absolute Gasteiger partial charge is 0.506 e. The van der Waals surface area contributed by atoms with Crippen molar-refractivity contribution in [3.05, 3.63) is 53.5 Å². The zero-order chi connectivity index (χ0) is 18.2. The SMILES string of the molecule is COC(O)/C=C(\C[C@@H]1OC2C(=C(O)C1O)OC2(C)O)c1ccccc1. The molecule has 0 bridgehead atoms. The highest BCUT2D eigenvalue weighted by atomic mass is 16.7. The molecule has 2 aliphatic heterocycles. The number of fused-ring (bicyclic) bond motifs is 1. The molecule has 0 amide bonds. The Morgan fingerprint density at radius 2 is 2.04 bits per heavy atom. The Balaban J connectivity index is 1.86. The van der Waals surface area contributed by atoms with Crippen molar-refractivity contribution in [2.75, 3.05) is 7.11 Å². The molecule has 2 heterocycles. The average molecular weight is 350 g/mol. The topological polar surface area (TPSA) is 109 Å². The standard InChI is InChI=1S/C18H22O7/c1-18(22)17-16(25-18)15(21)14(20)12(24-17)8-11(9-13(19)23-2)10-6-4-3-5-7-10/h3-7,9,12-14,17,19-22H,8H2,1-2H3/b11-9+/t12-,13?,14?,17?,18?/m0/s1. The number of benzene rings is 1. The van der Waals surface area contributed by atoms with Crippen LogP contribution in [0.15, 0.2) is 47.9 Å².